The van der Waals surface area contributed by atoms with Gasteiger partial charge < -0.3 is 9.05 Å². The lowest BCUT2D eigenvalue weighted by atomic mass is 10.3. The van der Waals surface area contributed by atoms with Gasteiger partial charge in [0, 0.05) is 14.2 Å². The second-order valence-electron chi connectivity index (χ2n) is 2.44. The van der Waals surface area contributed by atoms with Crippen molar-refractivity contribution in [3.63, 3.8) is 0 Å². The van der Waals surface area contributed by atoms with Crippen molar-refractivity contribution in [1.82, 2.24) is 0 Å². The van der Waals surface area contributed by atoms with Gasteiger partial charge in [0.2, 0.25) is 0 Å². The third kappa shape index (κ3) is 4.35. The van der Waals surface area contributed by atoms with Crippen LogP contribution in [0, 0.1) is 0 Å². The molecule has 0 fully saturated rings. The van der Waals surface area contributed by atoms with E-state index in [-0.39, 0.29) is 0 Å². The molecule has 0 atom stereocenters. The molecule has 0 heterocycles. The summed E-state index contributed by atoms with van der Waals surface area (Å²) >= 11 is 0. The number of hydrogen-bond donors (Lipinski definition) is 0. The first-order valence-corrected chi connectivity index (χ1v) is 5.11. The van der Waals surface area contributed by atoms with Gasteiger partial charge in [-0.2, -0.15) is 0 Å². The highest BCUT2D eigenvalue weighted by Crippen LogP contribution is 2.46. The van der Waals surface area contributed by atoms with Crippen LogP contribution in [-0.2, 0) is 13.6 Å². The van der Waals surface area contributed by atoms with E-state index in [9.17, 15) is 4.57 Å². The smallest absolute Gasteiger partial charge is 0.312 e. The van der Waals surface area contributed by atoms with Crippen LogP contribution < -0.4 is 0 Å². The van der Waals surface area contributed by atoms with E-state index in [0.717, 1.165) is 5.57 Å². The Morgan fingerprint density at radius 1 is 1.36 bits per heavy atom. The van der Waals surface area contributed by atoms with Crippen LogP contribution in [0.1, 0.15) is 13.8 Å². The normalized spacial score (nSPS) is 11.3. The molecule has 0 amide bonds. The van der Waals surface area contributed by atoms with Crippen molar-refractivity contribution in [2.24, 2.45) is 0 Å². The van der Waals surface area contributed by atoms with Crippen LogP contribution in [0.5, 0.6) is 0 Å². The van der Waals surface area contributed by atoms with Gasteiger partial charge in [0.1, 0.15) is 0 Å². The quantitative estimate of drug-likeness (QED) is 0.490. The molecule has 0 aromatic heterocycles. The van der Waals surface area contributed by atoms with Crippen molar-refractivity contribution in [1.29, 1.82) is 0 Å². The fourth-order valence-corrected chi connectivity index (χ4v) is 1.55. The zero-order valence-corrected chi connectivity index (χ0v) is 8.35. The number of allylic oxidation sites excluding steroid dienone is 2. The van der Waals surface area contributed by atoms with Gasteiger partial charge in [-0.25, -0.2) is 0 Å². The molecule has 0 bridgehead atoms. The summed E-state index contributed by atoms with van der Waals surface area (Å²) in [5.41, 5.74) is 1.11. The molecule has 0 aliphatic carbocycles. The zero-order valence-electron chi connectivity index (χ0n) is 7.46. The van der Waals surface area contributed by atoms with Crippen molar-refractivity contribution in [2.75, 3.05) is 20.4 Å². The summed E-state index contributed by atoms with van der Waals surface area (Å²) in [5, 5.41) is 0. The minimum Gasteiger partial charge on any atom is -0.312 e. The Balaban J connectivity index is 4.10. The molecule has 0 aromatic rings. The Morgan fingerprint density at radius 2 is 1.82 bits per heavy atom. The Hall–Kier alpha value is -0.110. The molecule has 11 heavy (non-hydrogen) atoms. The maximum Gasteiger partial charge on any atom is 0.333 e. The third-order valence-corrected chi connectivity index (χ3v) is 3.02. The molecule has 0 unspecified atom stereocenters. The monoisotopic (exact) mass is 178 g/mol. The molecule has 0 aliphatic heterocycles. The van der Waals surface area contributed by atoms with E-state index >= 15 is 0 Å². The molecular weight excluding hydrogens is 163 g/mol. The first-order valence-electron chi connectivity index (χ1n) is 3.38. The second-order valence-corrected chi connectivity index (χ2v) is 4.76. The molecule has 4 heteroatoms. The summed E-state index contributed by atoms with van der Waals surface area (Å²) in [6.45, 7) is 3.88. The van der Waals surface area contributed by atoms with Gasteiger partial charge in [0.25, 0.3) is 0 Å². The van der Waals surface area contributed by atoms with Crippen molar-refractivity contribution in [2.45, 2.75) is 13.8 Å². The largest absolute Gasteiger partial charge is 0.333 e. The van der Waals surface area contributed by atoms with Crippen molar-refractivity contribution in [3.8, 4) is 0 Å². The SMILES string of the molecule is COP(=O)(CC=C(C)C)OC. The fourth-order valence-electron chi connectivity index (χ4n) is 0.518. The van der Waals surface area contributed by atoms with E-state index in [1.165, 1.54) is 14.2 Å². The lowest BCUT2D eigenvalue weighted by molar-refractivity contribution is 0.279. The summed E-state index contributed by atoms with van der Waals surface area (Å²) in [7, 11) is -0.0275. The first-order chi connectivity index (χ1) is 5.04. The molecule has 0 radical (unpaired) electrons. The van der Waals surface area contributed by atoms with Crippen LogP contribution in [0.2, 0.25) is 0 Å². The van der Waals surface area contributed by atoms with E-state index in [1.807, 2.05) is 19.9 Å². The topological polar surface area (TPSA) is 35.5 Å². The average molecular weight is 178 g/mol. The van der Waals surface area contributed by atoms with Crippen LogP contribution in [0.3, 0.4) is 0 Å². The first kappa shape index (κ1) is 10.9. The predicted molar refractivity (Wildman–Crippen MR) is 45.9 cm³/mol. The molecule has 0 aromatic carbocycles. The standard InChI is InChI=1S/C7H15O3P/c1-7(2)5-6-11(8,9-3)10-4/h5H,6H2,1-4H3. The van der Waals surface area contributed by atoms with Crippen LogP contribution in [-0.4, -0.2) is 20.4 Å². The molecule has 0 spiro atoms. The highest BCUT2D eigenvalue weighted by Gasteiger charge is 2.17. The predicted octanol–water partition coefficient (Wildman–Crippen LogP) is 2.44. The lowest BCUT2D eigenvalue weighted by Crippen LogP contribution is -1.91. The molecule has 0 saturated heterocycles. The molecule has 0 aliphatic rings. The Labute approximate surface area is 67.9 Å². The van der Waals surface area contributed by atoms with Gasteiger partial charge in [-0.15, -0.1) is 0 Å². The Kier molecular flexibility index (Phi) is 4.66. The number of hydrogen-bond acceptors (Lipinski definition) is 3. The summed E-state index contributed by atoms with van der Waals surface area (Å²) in [4.78, 5) is 0. The van der Waals surface area contributed by atoms with E-state index < -0.39 is 7.60 Å². The van der Waals surface area contributed by atoms with E-state index in [2.05, 4.69) is 0 Å². The average Bonchev–Trinajstić information content (AvgIpc) is 2.00. The minimum atomic E-state index is -2.81. The summed E-state index contributed by atoms with van der Waals surface area (Å²) < 4.78 is 20.8. The maximum atomic E-state index is 11.4. The highest BCUT2D eigenvalue weighted by atomic mass is 31.2. The highest BCUT2D eigenvalue weighted by molar-refractivity contribution is 7.54. The van der Waals surface area contributed by atoms with E-state index in [4.69, 9.17) is 9.05 Å². The molecule has 0 rings (SSSR count). The van der Waals surface area contributed by atoms with Crippen molar-refractivity contribution < 1.29 is 13.6 Å². The molecule has 0 saturated carbocycles. The van der Waals surface area contributed by atoms with Gasteiger partial charge in [0.05, 0.1) is 6.16 Å². The minimum absolute atomic E-state index is 0.350. The Bertz CT molecular complexity index is 174. The van der Waals surface area contributed by atoms with Gasteiger partial charge in [-0.05, 0) is 13.8 Å². The second kappa shape index (κ2) is 4.70. The van der Waals surface area contributed by atoms with Crippen molar-refractivity contribution >= 4 is 7.60 Å². The van der Waals surface area contributed by atoms with Crippen LogP contribution in [0.15, 0.2) is 11.6 Å². The van der Waals surface area contributed by atoms with Crippen LogP contribution in [0.4, 0.5) is 0 Å². The number of rotatable bonds is 4. The molecule has 0 N–H and O–H groups in total. The molecular formula is C7H15O3P. The molecule has 3 nitrogen and oxygen atoms in total. The van der Waals surface area contributed by atoms with E-state index in [1.54, 1.807) is 0 Å². The Morgan fingerprint density at radius 3 is 2.09 bits per heavy atom. The van der Waals surface area contributed by atoms with Crippen LogP contribution >= 0.6 is 7.60 Å². The van der Waals surface area contributed by atoms with Gasteiger partial charge in [-0.3, -0.25) is 4.57 Å². The van der Waals surface area contributed by atoms with Gasteiger partial charge in [-0.1, -0.05) is 11.6 Å². The summed E-state index contributed by atoms with van der Waals surface area (Å²) in [5.74, 6) is 0. The van der Waals surface area contributed by atoms with E-state index in [0.29, 0.717) is 6.16 Å². The summed E-state index contributed by atoms with van der Waals surface area (Å²) in [6, 6.07) is 0. The zero-order chi connectivity index (χ0) is 8.91. The lowest BCUT2D eigenvalue weighted by Gasteiger charge is -2.10. The van der Waals surface area contributed by atoms with Gasteiger partial charge >= 0.3 is 7.60 Å². The maximum absolute atomic E-state index is 11.4. The third-order valence-electron chi connectivity index (χ3n) is 1.28. The van der Waals surface area contributed by atoms with Gasteiger partial charge in [0.15, 0.2) is 0 Å². The fraction of sp³-hybridized carbons (Fsp3) is 0.714. The van der Waals surface area contributed by atoms with Crippen molar-refractivity contribution in [3.05, 3.63) is 11.6 Å². The van der Waals surface area contributed by atoms with Crippen LogP contribution in [0.25, 0.3) is 0 Å². The summed E-state index contributed by atoms with van der Waals surface area (Å²) in [6.07, 6.45) is 2.19. The molecule has 66 valence electrons.